The smallest absolute Gasteiger partial charge is 0.228 e. The molecular formula is C12H21ClN4O2. The van der Waals surface area contributed by atoms with Crippen molar-refractivity contribution >= 4 is 18.3 Å². The fraction of sp³-hybridized carbons (Fsp3) is 0.750. The van der Waals surface area contributed by atoms with E-state index in [1.165, 1.54) is 0 Å². The summed E-state index contributed by atoms with van der Waals surface area (Å²) < 4.78 is 4.99. The van der Waals surface area contributed by atoms with Gasteiger partial charge in [-0.25, -0.2) is 0 Å². The Labute approximate surface area is 118 Å². The van der Waals surface area contributed by atoms with E-state index in [9.17, 15) is 4.79 Å². The van der Waals surface area contributed by atoms with E-state index >= 15 is 0 Å². The van der Waals surface area contributed by atoms with Crippen LogP contribution in [0.1, 0.15) is 37.4 Å². The van der Waals surface area contributed by atoms with Gasteiger partial charge in [0.2, 0.25) is 11.8 Å². The number of aryl methyl sites for hydroxylation is 1. The van der Waals surface area contributed by atoms with Crippen LogP contribution in [0.5, 0.6) is 0 Å². The summed E-state index contributed by atoms with van der Waals surface area (Å²) in [6, 6.07) is 0. The molecule has 1 aromatic heterocycles. The van der Waals surface area contributed by atoms with E-state index in [0.29, 0.717) is 31.2 Å². The predicted molar refractivity (Wildman–Crippen MR) is 73.0 cm³/mol. The summed E-state index contributed by atoms with van der Waals surface area (Å²) in [5.74, 6) is 1.24. The van der Waals surface area contributed by atoms with Crippen LogP contribution in [-0.2, 0) is 11.2 Å². The molecule has 1 aliphatic rings. The van der Waals surface area contributed by atoms with Crippen LogP contribution in [0.2, 0.25) is 0 Å². The average molecular weight is 289 g/mol. The molecule has 1 aromatic rings. The van der Waals surface area contributed by atoms with Gasteiger partial charge < -0.3 is 15.6 Å². The normalized spacial score (nSPS) is 16.9. The fourth-order valence-electron chi connectivity index (χ4n) is 2.49. The second kappa shape index (κ2) is 6.86. The molecule has 0 aromatic carbocycles. The Bertz CT molecular complexity index is 416. The molecule has 1 aliphatic carbocycles. The number of hydrogen-bond acceptors (Lipinski definition) is 5. The second-order valence-corrected chi connectivity index (χ2v) is 4.93. The van der Waals surface area contributed by atoms with Gasteiger partial charge in [-0.3, -0.25) is 4.79 Å². The topological polar surface area (TPSA) is 94.0 Å². The molecule has 1 heterocycles. The number of carbonyl (C=O) groups excluding carboxylic acids is 1. The van der Waals surface area contributed by atoms with Gasteiger partial charge in [-0.1, -0.05) is 18.0 Å². The van der Waals surface area contributed by atoms with Gasteiger partial charge in [-0.15, -0.1) is 12.4 Å². The number of rotatable bonds is 5. The van der Waals surface area contributed by atoms with Gasteiger partial charge in [0.1, 0.15) is 0 Å². The highest BCUT2D eigenvalue weighted by Gasteiger charge is 2.39. The van der Waals surface area contributed by atoms with Gasteiger partial charge in [0.25, 0.3) is 0 Å². The van der Waals surface area contributed by atoms with Crippen molar-refractivity contribution in [3.05, 3.63) is 11.7 Å². The Kier molecular flexibility index (Phi) is 5.75. The summed E-state index contributed by atoms with van der Waals surface area (Å²) in [7, 11) is 0. The van der Waals surface area contributed by atoms with Gasteiger partial charge in [0.05, 0.1) is 5.41 Å². The summed E-state index contributed by atoms with van der Waals surface area (Å²) in [6.45, 7) is 2.72. The number of carbonyl (C=O) groups is 1. The highest BCUT2D eigenvalue weighted by atomic mass is 35.5. The molecule has 0 aliphatic heterocycles. The van der Waals surface area contributed by atoms with Crippen molar-refractivity contribution < 1.29 is 9.32 Å². The Hall–Kier alpha value is -1.14. The zero-order valence-corrected chi connectivity index (χ0v) is 12.0. The lowest BCUT2D eigenvalue weighted by Crippen LogP contribution is -2.44. The van der Waals surface area contributed by atoms with Crippen LogP contribution in [0.4, 0.5) is 0 Å². The van der Waals surface area contributed by atoms with Crippen molar-refractivity contribution in [2.24, 2.45) is 11.1 Å². The van der Waals surface area contributed by atoms with Crippen molar-refractivity contribution in [3.8, 4) is 0 Å². The van der Waals surface area contributed by atoms with E-state index in [1.807, 2.05) is 0 Å². The van der Waals surface area contributed by atoms with Crippen molar-refractivity contribution in [3.63, 3.8) is 0 Å². The van der Waals surface area contributed by atoms with Gasteiger partial charge in [-0.2, -0.15) is 4.98 Å². The van der Waals surface area contributed by atoms with Crippen molar-refractivity contribution in [2.45, 2.75) is 39.0 Å². The molecule has 0 saturated heterocycles. The first-order chi connectivity index (χ1) is 8.66. The Morgan fingerprint density at radius 3 is 2.68 bits per heavy atom. The molecule has 2 rings (SSSR count). The molecule has 1 saturated carbocycles. The number of nitrogens with one attached hydrogen (secondary N) is 1. The van der Waals surface area contributed by atoms with Gasteiger partial charge in [0, 0.05) is 19.5 Å². The third-order valence-corrected chi connectivity index (χ3v) is 3.63. The molecule has 0 spiro atoms. The number of hydrogen-bond donors (Lipinski definition) is 2. The van der Waals surface area contributed by atoms with Gasteiger partial charge in [0.15, 0.2) is 5.82 Å². The van der Waals surface area contributed by atoms with E-state index in [0.717, 1.165) is 25.7 Å². The van der Waals surface area contributed by atoms with Crippen LogP contribution in [0.15, 0.2) is 4.52 Å². The molecule has 1 amide bonds. The number of nitrogens with zero attached hydrogens (tertiary/aromatic N) is 2. The summed E-state index contributed by atoms with van der Waals surface area (Å²) in [4.78, 5) is 16.2. The third kappa shape index (κ3) is 3.67. The molecule has 0 bridgehead atoms. The van der Waals surface area contributed by atoms with Crippen LogP contribution >= 0.6 is 12.4 Å². The molecule has 0 radical (unpaired) electrons. The van der Waals surface area contributed by atoms with Crippen LogP contribution in [0.3, 0.4) is 0 Å². The summed E-state index contributed by atoms with van der Waals surface area (Å²) in [6.07, 6.45) is 4.54. The minimum atomic E-state index is -0.343. The summed E-state index contributed by atoms with van der Waals surface area (Å²) >= 11 is 0. The quantitative estimate of drug-likeness (QED) is 0.842. The molecule has 1 fully saturated rings. The molecule has 19 heavy (non-hydrogen) atoms. The van der Waals surface area contributed by atoms with Crippen molar-refractivity contribution in [1.29, 1.82) is 0 Å². The van der Waals surface area contributed by atoms with E-state index in [2.05, 4.69) is 15.5 Å². The number of nitrogens with two attached hydrogens (primary N) is 1. The van der Waals surface area contributed by atoms with Crippen molar-refractivity contribution in [2.75, 3.05) is 13.1 Å². The lowest BCUT2D eigenvalue weighted by Gasteiger charge is -2.25. The van der Waals surface area contributed by atoms with E-state index in [4.69, 9.17) is 10.3 Å². The maximum Gasteiger partial charge on any atom is 0.228 e. The molecular weight excluding hydrogens is 268 g/mol. The van der Waals surface area contributed by atoms with Gasteiger partial charge in [-0.05, 0) is 19.8 Å². The second-order valence-electron chi connectivity index (χ2n) is 4.93. The average Bonchev–Trinajstić information content (AvgIpc) is 2.99. The largest absolute Gasteiger partial charge is 0.355 e. The molecule has 108 valence electrons. The lowest BCUT2D eigenvalue weighted by atomic mass is 9.85. The number of aromatic nitrogens is 2. The first kappa shape index (κ1) is 15.9. The highest BCUT2D eigenvalue weighted by molar-refractivity contribution is 5.85. The third-order valence-electron chi connectivity index (χ3n) is 3.63. The Morgan fingerprint density at radius 2 is 2.16 bits per heavy atom. The first-order valence-corrected chi connectivity index (χ1v) is 6.44. The molecule has 6 nitrogen and oxygen atoms in total. The highest BCUT2D eigenvalue weighted by Crippen LogP contribution is 2.37. The van der Waals surface area contributed by atoms with Crippen LogP contribution < -0.4 is 11.1 Å². The van der Waals surface area contributed by atoms with Crippen LogP contribution in [0.25, 0.3) is 0 Å². The van der Waals surface area contributed by atoms with E-state index in [1.54, 1.807) is 6.92 Å². The minimum Gasteiger partial charge on any atom is -0.355 e. The fourth-order valence-corrected chi connectivity index (χ4v) is 2.49. The Balaban J connectivity index is 0.00000180. The maximum atomic E-state index is 12.1. The van der Waals surface area contributed by atoms with Crippen LogP contribution in [-0.4, -0.2) is 29.1 Å². The lowest BCUT2D eigenvalue weighted by molar-refractivity contribution is -0.130. The Morgan fingerprint density at radius 1 is 1.47 bits per heavy atom. The first-order valence-electron chi connectivity index (χ1n) is 6.44. The molecule has 0 atom stereocenters. The maximum absolute atomic E-state index is 12.1. The standard InChI is InChI=1S/C12H20N4O2.ClH/c1-9-15-10(18-16-9)4-7-14-11(17)12(8-13)5-2-3-6-12;/h2-8,13H2,1H3,(H,14,17);1H. The minimum absolute atomic E-state index is 0. The summed E-state index contributed by atoms with van der Waals surface area (Å²) in [5.41, 5.74) is 5.41. The summed E-state index contributed by atoms with van der Waals surface area (Å²) in [5, 5.41) is 6.63. The zero-order valence-electron chi connectivity index (χ0n) is 11.1. The molecule has 3 N–H and O–H groups in total. The SMILES string of the molecule is Cc1noc(CCNC(=O)C2(CN)CCCC2)n1.Cl. The van der Waals surface area contributed by atoms with Gasteiger partial charge >= 0.3 is 0 Å². The number of amides is 1. The predicted octanol–water partition coefficient (Wildman–Crippen LogP) is 0.978. The van der Waals surface area contributed by atoms with Crippen LogP contribution in [0, 0.1) is 12.3 Å². The van der Waals surface area contributed by atoms with E-state index < -0.39 is 0 Å². The molecule has 0 unspecified atom stereocenters. The van der Waals surface area contributed by atoms with Crippen molar-refractivity contribution in [1.82, 2.24) is 15.5 Å². The van der Waals surface area contributed by atoms with E-state index in [-0.39, 0.29) is 23.7 Å². The molecule has 7 heteroatoms. The monoisotopic (exact) mass is 288 g/mol. The zero-order chi connectivity index (χ0) is 13.0. The number of halogens is 1.